The van der Waals surface area contributed by atoms with Gasteiger partial charge in [0.1, 0.15) is 5.75 Å². The Morgan fingerprint density at radius 1 is 1.03 bits per heavy atom. The van der Waals surface area contributed by atoms with Gasteiger partial charge in [0.05, 0.1) is 19.2 Å². The molecule has 3 aliphatic rings. The normalized spacial score (nSPS) is 21.6. The van der Waals surface area contributed by atoms with E-state index in [2.05, 4.69) is 18.5 Å². The molecule has 39 heavy (non-hydrogen) atoms. The highest BCUT2D eigenvalue weighted by Gasteiger charge is 2.42. The number of nitrogens with zero attached hydrogens (tertiary/aromatic N) is 1. The Morgan fingerprint density at radius 3 is 2.21 bits per heavy atom. The van der Waals surface area contributed by atoms with E-state index in [1.807, 2.05) is 41.3 Å². The molecule has 2 aliphatic heterocycles. The lowest BCUT2D eigenvalue weighted by Gasteiger charge is -2.48. The van der Waals surface area contributed by atoms with E-state index in [-0.39, 0.29) is 18.0 Å². The Hall–Kier alpha value is -3.80. The van der Waals surface area contributed by atoms with Crippen LogP contribution in [0.25, 0.3) is 0 Å². The number of likely N-dealkylation sites (tertiary alicyclic amines) is 1. The van der Waals surface area contributed by atoms with Crippen LogP contribution in [-0.4, -0.2) is 36.9 Å². The third-order valence-corrected chi connectivity index (χ3v) is 7.63. The predicted molar refractivity (Wildman–Crippen MR) is 160 cm³/mol. The number of anilines is 1. The zero-order valence-electron chi connectivity index (χ0n) is 23.2. The summed E-state index contributed by atoms with van der Waals surface area (Å²) in [6, 6.07) is 15.0. The summed E-state index contributed by atoms with van der Waals surface area (Å²) in [6.45, 7) is 8.56. The van der Waals surface area contributed by atoms with Gasteiger partial charge in [-0.15, -0.1) is 0 Å². The number of hydrogen-bond donors (Lipinski definition) is 2. The van der Waals surface area contributed by atoms with Crippen LogP contribution in [0.3, 0.4) is 0 Å². The van der Waals surface area contributed by atoms with Crippen LogP contribution in [0.15, 0.2) is 85.5 Å². The molecule has 6 heteroatoms. The summed E-state index contributed by atoms with van der Waals surface area (Å²) < 4.78 is 5.39. The van der Waals surface area contributed by atoms with Crippen LogP contribution in [0.4, 0.5) is 5.69 Å². The number of primary amides is 1. The monoisotopic (exact) mass is 529 g/mol. The first-order chi connectivity index (χ1) is 19.0. The van der Waals surface area contributed by atoms with Crippen LogP contribution in [0.5, 0.6) is 5.75 Å². The summed E-state index contributed by atoms with van der Waals surface area (Å²) >= 11 is 0. The van der Waals surface area contributed by atoms with Crippen molar-refractivity contribution in [3.05, 3.63) is 96.6 Å². The Morgan fingerprint density at radius 2 is 1.69 bits per heavy atom. The second-order valence-corrected chi connectivity index (χ2v) is 10.1. The highest BCUT2D eigenvalue weighted by molar-refractivity contribution is 5.92. The summed E-state index contributed by atoms with van der Waals surface area (Å²) in [5.74, 6) is 0.734. The average molecular weight is 530 g/mol. The van der Waals surface area contributed by atoms with Gasteiger partial charge in [-0.05, 0) is 48.7 Å². The molecule has 0 spiro atoms. The van der Waals surface area contributed by atoms with Crippen molar-refractivity contribution in [1.82, 2.24) is 4.90 Å². The van der Waals surface area contributed by atoms with Crippen molar-refractivity contribution in [2.24, 2.45) is 11.7 Å². The molecular weight excluding hydrogens is 486 g/mol. The van der Waals surface area contributed by atoms with E-state index < -0.39 is 0 Å². The largest absolute Gasteiger partial charge is 0.497 e. The fraction of sp³-hybridized carbons (Fsp3) is 0.394. The number of piperidine rings is 1. The lowest BCUT2D eigenvalue weighted by molar-refractivity contribution is -0.123. The highest BCUT2D eigenvalue weighted by atomic mass is 16.5. The van der Waals surface area contributed by atoms with Gasteiger partial charge in [-0.1, -0.05) is 88.1 Å². The van der Waals surface area contributed by atoms with E-state index >= 15 is 0 Å². The molecule has 0 aromatic heterocycles. The summed E-state index contributed by atoms with van der Waals surface area (Å²) in [5, 5.41) is 3.64. The first kappa shape index (κ1) is 29.8. The molecule has 3 unspecified atom stereocenters. The first-order valence-electron chi connectivity index (χ1n) is 14.0. The molecular formula is C33H43N3O3. The minimum absolute atomic E-state index is 0.0563. The van der Waals surface area contributed by atoms with Gasteiger partial charge in [0, 0.05) is 29.3 Å². The summed E-state index contributed by atoms with van der Waals surface area (Å²) in [4.78, 5) is 24.0. The van der Waals surface area contributed by atoms with Crippen LogP contribution in [-0.2, 0) is 4.79 Å². The first-order valence-corrected chi connectivity index (χ1v) is 14.0. The molecule has 2 amide bonds. The lowest BCUT2D eigenvalue weighted by Crippen LogP contribution is -2.48. The second-order valence-electron chi connectivity index (χ2n) is 10.1. The van der Waals surface area contributed by atoms with Crippen LogP contribution in [0.1, 0.15) is 73.3 Å². The van der Waals surface area contributed by atoms with Crippen molar-refractivity contribution >= 4 is 18.0 Å². The van der Waals surface area contributed by atoms with E-state index in [0.717, 1.165) is 48.4 Å². The maximum Gasteiger partial charge on any atom is 0.248 e. The minimum Gasteiger partial charge on any atom is -0.497 e. The molecule has 3 N–H and O–H groups in total. The molecule has 1 saturated carbocycles. The summed E-state index contributed by atoms with van der Waals surface area (Å²) in [6.07, 6.45) is 17.7. The molecule has 2 aromatic carbocycles. The van der Waals surface area contributed by atoms with Gasteiger partial charge in [0.2, 0.25) is 12.3 Å². The van der Waals surface area contributed by atoms with Crippen LogP contribution in [0.2, 0.25) is 0 Å². The molecule has 2 fully saturated rings. The third kappa shape index (κ3) is 8.09. The van der Waals surface area contributed by atoms with E-state index in [9.17, 15) is 9.59 Å². The average Bonchev–Trinajstić information content (AvgIpc) is 3.00. The number of carbonyl (C=O) groups excluding carboxylic acids is 2. The van der Waals surface area contributed by atoms with E-state index in [0.29, 0.717) is 11.5 Å². The fourth-order valence-electron chi connectivity index (χ4n) is 5.68. The Labute approximate surface area is 233 Å². The van der Waals surface area contributed by atoms with Crippen LogP contribution >= 0.6 is 0 Å². The highest BCUT2D eigenvalue weighted by Crippen LogP contribution is 2.47. The standard InChI is InChI=1S/C20H24N2O2.C7H7NO.C6H12/c1-4-7-14(5-2)19-16-8-6-11-22(13-23)20(16)17-12-15(24-3)9-10-18(17)21-19;8-7(9)6-4-2-1-3-5-6;1-2-4-6-5-3-1/h4-5,7,9-10,12-13,16,19-21H,1-2,6,8,11H2,3H3;1-5H,(H2,8,9);1-6H2/b14-7+;;. The molecule has 3 atom stereocenters. The van der Waals surface area contributed by atoms with Crippen molar-refractivity contribution < 1.29 is 14.3 Å². The number of rotatable bonds is 6. The molecule has 208 valence electrons. The van der Waals surface area contributed by atoms with Gasteiger partial charge < -0.3 is 20.7 Å². The Kier molecular flexibility index (Phi) is 11.9. The van der Waals surface area contributed by atoms with Crippen molar-refractivity contribution in [3.63, 3.8) is 0 Å². The molecule has 5 rings (SSSR count). The van der Waals surface area contributed by atoms with Gasteiger partial charge in [-0.3, -0.25) is 9.59 Å². The number of nitrogens with two attached hydrogens (primary N) is 1. The number of allylic oxidation sites excluding steroid dienone is 2. The molecule has 0 radical (unpaired) electrons. The maximum atomic E-state index is 11.7. The summed E-state index contributed by atoms with van der Waals surface area (Å²) in [5.41, 5.74) is 8.81. The number of nitrogens with one attached hydrogen (secondary N) is 1. The van der Waals surface area contributed by atoms with Gasteiger partial charge in [-0.2, -0.15) is 0 Å². The maximum absolute atomic E-state index is 11.7. The molecule has 2 aromatic rings. The van der Waals surface area contributed by atoms with Crippen molar-refractivity contribution in [2.45, 2.75) is 63.5 Å². The van der Waals surface area contributed by atoms with Gasteiger partial charge >= 0.3 is 0 Å². The van der Waals surface area contributed by atoms with E-state index in [1.54, 1.807) is 37.5 Å². The zero-order valence-corrected chi connectivity index (χ0v) is 23.2. The van der Waals surface area contributed by atoms with E-state index in [4.69, 9.17) is 10.5 Å². The fourth-order valence-corrected chi connectivity index (χ4v) is 5.68. The third-order valence-electron chi connectivity index (χ3n) is 7.63. The second kappa shape index (κ2) is 15.6. The molecule has 6 nitrogen and oxygen atoms in total. The number of carbonyl (C=O) groups is 2. The smallest absolute Gasteiger partial charge is 0.248 e. The van der Waals surface area contributed by atoms with Gasteiger partial charge in [0.25, 0.3) is 0 Å². The predicted octanol–water partition coefficient (Wildman–Crippen LogP) is 6.82. The quantitative estimate of drug-likeness (QED) is 0.318. The van der Waals surface area contributed by atoms with Crippen LogP contribution in [0, 0.1) is 5.92 Å². The molecule has 1 saturated heterocycles. The Balaban J connectivity index is 0.000000227. The Bertz CT molecular complexity index is 1110. The number of fused-ring (bicyclic) bond motifs is 3. The number of hydrogen-bond acceptors (Lipinski definition) is 4. The summed E-state index contributed by atoms with van der Waals surface area (Å²) in [7, 11) is 1.67. The molecule has 2 heterocycles. The van der Waals surface area contributed by atoms with Crippen molar-refractivity contribution in [2.75, 3.05) is 19.0 Å². The number of amides is 2. The van der Waals surface area contributed by atoms with Gasteiger partial charge in [-0.25, -0.2) is 0 Å². The number of methoxy groups -OCH3 is 1. The molecule has 1 aliphatic carbocycles. The van der Waals surface area contributed by atoms with Crippen molar-refractivity contribution in [1.29, 1.82) is 0 Å². The topological polar surface area (TPSA) is 84.7 Å². The minimum atomic E-state index is -0.379. The van der Waals surface area contributed by atoms with E-state index in [1.165, 1.54) is 38.5 Å². The van der Waals surface area contributed by atoms with Crippen molar-refractivity contribution in [3.8, 4) is 5.75 Å². The number of ether oxygens (including phenoxy) is 1. The SMILES string of the molecule is C1CCCCC1.C=C/C=C(\C=C)C1Nc2ccc(OC)cc2C2C1CCCN2C=O.NC(=O)c1ccccc1. The lowest BCUT2D eigenvalue weighted by atomic mass is 9.74. The van der Waals surface area contributed by atoms with Gasteiger partial charge in [0.15, 0.2) is 0 Å². The van der Waals surface area contributed by atoms with Crippen LogP contribution < -0.4 is 15.8 Å². The molecule has 0 bridgehead atoms. The zero-order chi connectivity index (χ0) is 28.0. The number of benzene rings is 2.